The van der Waals surface area contributed by atoms with Crippen LogP contribution in [0.2, 0.25) is 0 Å². The number of nitrogens with one attached hydrogen (secondary N) is 1. The molecule has 138 valence electrons. The number of methoxy groups -OCH3 is 2. The van der Waals surface area contributed by atoms with E-state index in [1.807, 2.05) is 13.8 Å². The molecule has 0 unspecified atom stereocenters. The molecule has 1 N–H and O–H groups in total. The van der Waals surface area contributed by atoms with Crippen LogP contribution in [0.1, 0.15) is 36.9 Å². The first-order chi connectivity index (χ1) is 12.4. The maximum Gasteiger partial charge on any atom is 0.301 e. The lowest BCUT2D eigenvalue weighted by molar-refractivity contribution is -0.509. The first kappa shape index (κ1) is 17.7. The van der Waals surface area contributed by atoms with E-state index in [0.717, 1.165) is 0 Å². The lowest BCUT2D eigenvalue weighted by Gasteiger charge is -2.27. The minimum atomic E-state index is -1.45. The van der Waals surface area contributed by atoms with Crippen LogP contribution in [0.4, 0.5) is 5.82 Å². The fourth-order valence-corrected chi connectivity index (χ4v) is 3.26. The number of carbonyl (C=O) groups is 1. The third kappa shape index (κ3) is 2.75. The minimum Gasteiger partial charge on any atom is -0.493 e. The number of nitro groups is 1. The molecule has 0 saturated heterocycles. The Balaban J connectivity index is 2.19. The molecule has 3 rings (SSSR count). The third-order valence-corrected chi connectivity index (χ3v) is 4.47. The summed E-state index contributed by atoms with van der Waals surface area (Å²) in [6.07, 6.45) is 1.58. The van der Waals surface area contributed by atoms with E-state index in [4.69, 9.17) is 9.47 Å². The Bertz CT molecular complexity index is 861. The van der Waals surface area contributed by atoms with Crippen molar-refractivity contribution in [2.24, 2.45) is 0 Å². The Morgan fingerprint density at radius 3 is 2.54 bits per heavy atom. The van der Waals surface area contributed by atoms with Crippen LogP contribution in [0.3, 0.4) is 0 Å². The van der Waals surface area contributed by atoms with E-state index in [1.54, 1.807) is 29.1 Å². The first-order valence-electron chi connectivity index (χ1n) is 8.12. The standard InChI is InChI=1S/C17H20N4O5/c1-9(2)20-16-11(8-18-20)14(15(21(23)24)17(22)19-16)10-5-6-12(25-3)13(7-10)26-4/h5-9,14-15H,1-4H3,(H,19,22)/t14-,15+/m0/s1. The summed E-state index contributed by atoms with van der Waals surface area (Å²) in [5.74, 6) is -0.00299. The highest BCUT2D eigenvalue weighted by Crippen LogP contribution is 2.41. The van der Waals surface area contributed by atoms with Gasteiger partial charge in [0, 0.05) is 16.5 Å². The fourth-order valence-electron chi connectivity index (χ4n) is 3.26. The van der Waals surface area contributed by atoms with E-state index >= 15 is 0 Å². The molecule has 1 aromatic carbocycles. The van der Waals surface area contributed by atoms with Crippen LogP contribution in [-0.2, 0) is 4.79 Å². The summed E-state index contributed by atoms with van der Waals surface area (Å²) in [6.45, 7) is 3.84. The van der Waals surface area contributed by atoms with Crippen LogP contribution in [0.5, 0.6) is 11.5 Å². The number of anilines is 1. The number of rotatable bonds is 5. The Morgan fingerprint density at radius 2 is 1.96 bits per heavy atom. The zero-order valence-electron chi connectivity index (χ0n) is 14.9. The Hall–Kier alpha value is -3.10. The molecule has 2 aromatic rings. The Labute approximate surface area is 150 Å². The van der Waals surface area contributed by atoms with Crippen molar-refractivity contribution in [3.63, 3.8) is 0 Å². The van der Waals surface area contributed by atoms with Gasteiger partial charge in [-0.05, 0) is 31.5 Å². The molecule has 0 spiro atoms. The molecule has 0 radical (unpaired) electrons. The molecule has 0 bridgehead atoms. The molecule has 2 atom stereocenters. The molecular formula is C17H20N4O5. The van der Waals surface area contributed by atoms with Crippen LogP contribution in [0.15, 0.2) is 24.4 Å². The average molecular weight is 360 g/mol. The lowest BCUT2D eigenvalue weighted by atomic mass is 9.83. The molecule has 2 heterocycles. The van der Waals surface area contributed by atoms with Crippen molar-refractivity contribution in [1.29, 1.82) is 0 Å². The number of nitrogens with zero attached hydrogens (tertiary/aromatic N) is 3. The van der Waals surface area contributed by atoms with Gasteiger partial charge in [-0.15, -0.1) is 0 Å². The first-order valence-corrected chi connectivity index (χ1v) is 8.12. The largest absolute Gasteiger partial charge is 0.493 e. The molecule has 0 saturated carbocycles. The van der Waals surface area contributed by atoms with Crippen molar-refractivity contribution in [1.82, 2.24) is 9.78 Å². The normalized spacial score (nSPS) is 19.0. The number of hydrogen-bond donors (Lipinski definition) is 1. The van der Waals surface area contributed by atoms with E-state index in [9.17, 15) is 14.9 Å². The number of hydrogen-bond acceptors (Lipinski definition) is 6. The van der Waals surface area contributed by atoms with Gasteiger partial charge < -0.3 is 14.8 Å². The van der Waals surface area contributed by atoms with Gasteiger partial charge in [-0.1, -0.05) is 6.07 Å². The summed E-state index contributed by atoms with van der Waals surface area (Å²) in [6, 6.07) is 3.58. The average Bonchev–Trinajstić information content (AvgIpc) is 3.03. The smallest absolute Gasteiger partial charge is 0.301 e. The van der Waals surface area contributed by atoms with Crippen molar-refractivity contribution >= 4 is 11.7 Å². The Morgan fingerprint density at radius 1 is 1.27 bits per heavy atom. The molecule has 1 aromatic heterocycles. The molecule has 1 aliphatic heterocycles. The van der Waals surface area contributed by atoms with Gasteiger partial charge in [-0.25, -0.2) is 4.68 Å². The summed E-state index contributed by atoms with van der Waals surface area (Å²) in [7, 11) is 3.00. The van der Waals surface area contributed by atoms with Gasteiger partial charge >= 0.3 is 11.9 Å². The Kier molecular flexibility index (Phi) is 4.54. The van der Waals surface area contributed by atoms with Crippen LogP contribution in [0.25, 0.3) is 0 Å². The van der Waals surface area contributed by atoms with E-state index in [1.165, 1.54) is 14.2 Å². The van der Waals surface area contributed by atoms with Crippen molar-refractivity contribution < 1.29 is 19.2 Å². The van der Waals surface area contributed by atoms with Gasteiger partial charge in [-0.2, -0.15) is 5.10 Å². The van der Waals surface area contributed by atoms with E-state index in [0.29, 0.717) is 28.4 Å². The van der Waals surface area contributed by atoms with Crippen molar-refractivity contribution in [2.75, 3.05) is 19.5 Å². The van der Waals surface area contributed by atoms with E-state index in [2.05, 4.69) is 10.4 Å². The number of aromatic nitrogens is 2. The number of fused-ring (bicyclic) bond motifs is 1. The predicted octanol–water partition coefficient (Wildman–Crippen LogP) is 2.21. The number of ether oxygens (including phenoxy) is 2. The SMILES string of the molecule is COc1ccc([C@H]2c3cnn(C(C)C)c3NC(=O)[C@@H]2[N+](=O)[O-])cc1OC. The van der Waals surface area contributed by atoms with Crippen LogP contribution in [0, 0.1) is 10.1 Å². The van der Waals surface area contributed by atoms with Gasteiger partial charge in [0.25, 0.3) is 0 Å². The summed E-state index contributed by atoms with van der Waals surface area (Å²) >= 11 is 0. The molecular weight excluding hydrogens is 340 g/mol. The van der Waals surface area contributed by atoms with Gasteiger partial charge in [0.05, 0.1) is 26.3 Å². The quantitative estimate of drug-likeness (QED) is 0.647. The highest BCUT2D eigenvalue weighted by Gasteiger charge is 2.47. The summed E-state index contributed by atoms with van der Waals surface area (Å²) in [4.78, 5) is 23.6. The number of amides is 1. The van der Waals surface area contributed by atoms with Gasteiger partial charge in [0.15, 0.2) is 11.5 Å². The molecule has 1 aliphatic rings. The third-order valence-electron chi connectivity index (χ3n) is 4.47. The topological polar surface area (TPSA) is 109 Å². The predicted molar refractivity (Wildman–Crippen MR) is 93.4 cm³/mol. The maximum atomic E-state index is 12.5. The maximum absolute atomic E-state index is 12.5. The molecule has 9 heteroatoms. The second-order valence-electron chi connectivity index (χ2n) is 6.30. The summed E-state index contributed by atoms with van der Waals surface area (Å²) in [5.41, 5.74) is 1.19. The number of carbonyl (C=O) groups excluding carboxylic acids is 1. The van der Waals surface area contributed by atoms with E-state index < -0.39 is 22.8 Å². The van der Waals surface area contributed by atoms with Crippen LogP contribution < -0.4 is 14.8 Å². The minimum absolute atomic E-state index is 0.00254. The van der Waals surface area contributed by atoms with Crippen molar-refractivity contribution in [3.05, 3.63) is 45.6 Å². The molecule has 0 aliphatic carbocycles. The van der Waals surface area contributed by atoms with Gasteiger partial charge in [-0.3, -0.25) is 14.9 Å². The molecule has 9 nitrogen and oxygen atoms in total. The zero-order chi connectivity index (χ0) is 19.0. The highest BCUT2D eigenvalue weighted by molar-refractivity contribution is 5.98. The second-order valence-corrected chi connectivity index (χ2v) is 6.30. The monoisotopic (exact) mass is 360 g/mol. The lowest BCUT2D eigenvalue weighted by Crippen LogP contribution is -2.44. The second kappa shape index (κ2) is 6.66. The molecule has 0 fully saturated rings. The van der Waals surface area contributed by atoms with Gasteiger partial charge in [0.1, 0.15) is 5.82 Å². The highest BCUT2D eigenvalue weighted by atomic mass is 16.6. The zero-order valence-corrected chi connectivity index (χ0v) is 14.9. The van der Waals surface area contributed by atoms with Crippen molar-refractivity contribution in [3.8, 4) is 11.5 Å². The van der Waals surface area contributed by atoms with Gasteiger partial charge in [0.2, 0.25) is 0 Å². The number of benzene rings is 1. The van der Waals surface area contributed by atoms with Crippen LogP contribution in [-0.4, -0.2) is 40.9 Å². The van der Waals surface area contributed by atoms with E-state index in [-0.39, 0.29) is 6.04 Å². The fraction of sp³-hybridized carbons (Fsp3) is 0.412. The summed E-state index contributed by atoms with van der Waals surface area (Å²) in [5, 5.41) is 18.6. The van der Waals surface area contributed by atoms with Crippen LogP contribution >= 0.6 is 0 Å². The molecule has 26 heavy (non-hydrogen) atoms. The van der Waals surface area contributed by atoms with Crippen molar-refractivity contribution in [2.45, 2.75) is 31.8 Å². The summed E-state index contributed by atoms with van der Waals surface area (Å²) < 4.78 is 12.2. The molecule has 1 amide bonds.